The van der Waals surface area contributed by atoms with Crippen LogP contribution in [0.1, 0.15) is 47.9 Å². The third-order valence-corrected chi connectivity index (χ3v) is 5.59. The number of hydrogen-bond acceptors (Lipinski definition) is 4. The lowest BCUT2D eigenvalue weighted by Crippen LogP contribution is -2.45. The molecule has 1 aromatic heterocycles. The maximum atomic E-state index is 14.4. The Balaban J connectivity index is 1.66. The van der Waals surface area contributed by atoms with Gasteiger partial charge in [0.1, 0.15) is 17.6 Å². The van der Waals surface area contributed by atoms with E-state index in [4.69, 9.17) is 4.42 Å². The van der Waals surface area contributed by atoms with E-state index in [0.717, 1.165) is 10.5 Å². The molecule has 32 heavy (non-hydrogen) atoms. The van der Waals surface area contributed by atoms with E-state index in [1.54, 1.807) is 30.3 Å². The van der Waals surface area contributed by atoms with Crippen LogP contribution in [0, 0.1) is 5.82 Å². The molecular weight excluding hydrogens is 411 g/mol. The smallest absolute Gasteiger partial charge is 0.257 e. The van der Waals surface area contributed by atoms with Gasteiger partial charge in [-0.15, -0.1) is 0 Å². The third kappa shape index (κ3) is 4.06. The Morgan fingerprint density at radius 1 is 1.09 bits per heavy atom. The molecular formula is C25H23FN2O4. The maximum absolute atomic E-state index is 14.4. The van der Waals surface area contributed by atoms with Crippen molar-refractivity contribution in [3.8, 4) is 0 Å². The molecule has 2 heterocycles. The minimum absolute atomic E-state index is 0.0655. The summed E-state index contributed by atoms with van der Waals surface area (Å²) in [7, 11) is 0. The zero-order valence-corrected chi connectivity index (χ0v) is 17.8. The highest BCUT2D eigenvalue weighted by Gasteiger charge is 2.45. The van der Waals surface area contributed by atoms with Crippen LogP contribution < -0.4 is 4.90 Å². The lowest BCUT2D eigenvalue weighted by molar-refractivity contribution is -0.122. The van der Waals surface area contributed by atoms with Gasteiger partial charge in [-0.25, -0.2) is 9.29 Å². The van der Waals surface area contributed by atoms with E-state index in [2.05, 4.69) is 13.8 Å². The van der Waals surface area contributed by atoms with E-state index >= 15 is 0 Å². The molecule has 1 unspecified atom stereocenters. The Morgan fingerprint density at radius 3 is 2.44 bits per heavy atom. The van der Waals surface area contributed by atoms with Gasteiger partial charge >= 0.3 is 0 Å². The highest BCUT2D eigenvalue weighted by molar-refractivity contribution is 6.23. The normalized spacial score (nSPS) is 16.1. The highest BCUT2D eigenvalue weighted by Crippen LogP contribution is 2.29. The van der Waals surface area contributed by atoms with Gasteiger partial charge in [-0.2, -0.15) is 0 Å². The monoisotopic (exact) mass is 434 g/mol. The summed E-state index contributed by atoms with van der Waals surface area (Å²) in [5.74, 6) is -1.58. The van der Waals surface area contributed by atoms with Crippen LogP contribution in [0.4, 0.5) is 10.1 Å². The fourth-order valence-electron chi connectivity index (χ4n) is 3.82. The summed E-state index contributed by atoms with van der Waals surface area (Å²) in [6.07, 6.45) is 1.26. The molecule has 3 amide bonds. The van der Waals surface area contributed by atoms with Crippen molar-refractivity contribution >= 4 is 23.4 Å². The Morgan fingerprint density at radius 2 is 1.81 bits per heavy atom. The van der Waals surface area contributed by atoms with Crippen LogP contribution in [0.2, 0.25) is 0 Å². The minimum Gasteiger partial charge on any atom is -0.467 e. The van der Waals surface area contributed by atoms with Crippen molar-refractivity contribution in [2.24, 2.45) is 0 Å². The second-order valence-electron chi connectivity index (χ2n) is 8.03. The lowest BCUT2D eigenvalue weighted by Gasteiger charge is -2.27. The van der Waals surface area contributed by atoms with Gasteiger partial charge in [-0.1, -0.05) is 38.1 Å². The van der Waals surface area contributed by atoms with Crippen LogP contribution in [0.15, 0.2) is 71.3 Å². The maximum Gasteiger partial charge on any atom is 0.257 e. The van der Waals surface area contributed by atoms with Crippen LogP contribution >= 0.6 is 0 Å². The first kappa shape index (κ1) is 21.5. The summed E-state index contributed by atoms with van der Waals surface area (Å²) in [4.78, 5) is 41.7. The highest BCUT2D eigenvalue weighted by atomic mass is 19.1. The third-order valence-electron chi connectivity index (χ3n) is 5.59. The molecule has 3 aromatic rings. The molecule has 0 aliphatic carbocycles. The molecule has 0 N–H and O–H groups in total. The molecule has 7 heteroatoms. The predicted octanol–water partition coefficient (Wildman–Crippen LogP) is 4.52. The first-order valence-corrected chi connectivity index (χ1v) is 10.4. The zero-order valence-electron chi connectivity index (χ0n) is 17.8. The second-order valence-corrected chi connectivity index (χ2v) is 8.03. The Bertz CT molecular complexity index is 1140. The van der Waals surface area contributed by atoms with Gasteiger partial charge in [0.2, 0.25) is 5.91 Å². The zero-order chi connectivity index (χ0) is 22.8. The number of amides is 3. The van der Waals surface area contributed by atoms with E-state index in [0.29, 0.717) is 17.4 Å². The van der Waals surface area contributed by atoms with Crippen molar-refractivity contribution in [3.05, 3.63) is 89.6 Å². The van der Waals surface area contributed by atoms with E-state index in [1.165, 1.54) is 29.4 Å². The van der Waals surface area contributed by atoms with Gasteiger partial charge < -0.3 is 9.32 Å². The summed E-state index contributed by atoms with van der Waals surface area (Å²) in [6.45, 7) is 4.04. The van der Waals surface area contributed by atoms with Crippen LogP contribution in [-0.4, -0.2) is 28.7 Å². The summed E-state index contributed by atoms with van der Waals surface area (Å²) in [5.41, 5.74) is 1.36. The summed E-state index contributed by atoms with van der Waals surface area (Å²) < 4.78 is 19.7. The molecule has 0 radical (unpaired) electrons. The van der Waals surface area contributed by atoms with Gasteiger partial charge in [-0.3, -0.25) is 14.4 Å². The summed E-state index contributed by atoms with van der Waals surface area (Å²) >= 11 is 0. The van der Waals surface area contributed by atoms with E-state index in [9.17, 15) is 18.8 Å². The number of benzene rings is 2. The molecule has 2 aromatic carbocycles. The first-order chi connectivity index (χ1) is 15.4. The van der Waals surface area contributed by atoms with E-state index < -0.39 is 29.6 Å². The topological polar surface area (TPSA) is 70.8 Å². The largest absolute Gasteiger partial charge is 0.467 e. The van der Waals surface area contributed by atoms with Crippen molar-refractivity contribution in [1.29, 1.82) is 0 Å². The van der Waals surface area contributed by atoms with Crippen LogP contribution in [-0.2, 0) is 16.1 Å². The molecule has 164 valence electrons. The Kier molecular flexibility index (Phi) is 5.90. The molecule has 1 aliphatic heterocycles. The fourth-order valence-corrected chi connectivity index (χ4v) is 3.82. The van der Waals surface area contributed by atoms with Crippen LogP contribution in [0.5, 0.6) is 0 Å². The molecule has 6 nitrogen and oxygen atoms in total. The number of nitrogens with zero attached hydrogens (tertiary/aromatic N) is 2. The van der Waals surface area contributed by atoms with Crippen molar-refractivity contribution in [3.63, 3.8) is 0 Å². The van der Waals surface area contributed by atoms with Crippen molar-refractivity contribution < 1.29 is 23.2 Å². The molecule has 0 saturated carbocycles. The van der Waals surface area contributed by atoms with Crippen LogP contribution in [0.3, 0.4) is 0 Å². The number of imide groups is 1. The SMILES string of the molecule is CC(C)c1ccc(N2C(=O)CC(N(Cc3ccco3)C(=O)c3ccccc3F)C2=O)cc1. The quantitative estimate of drug-likeness (QED) is 0.535. The van der Waals surface area contributed by atoms with E-state index in [1.807, 2.05) is 12.1 Å². The molecule has 1 aliphatic rings. The first-order valence-electron chi connectivity index (χ1n) is 10.4. The second kappa shape index (κ2) is 8.78. The van der Waals surface area contributed by atoms with Gasteiger partial charge in [-0.05, 0) is 47.9 Å². The number of hydrogen-bond donors (Lipinski definition) is 0. The van der Waals surface area contributed by atoms with Crippen molar-refractivity contribution in [2.45, 2.75) is 38.8 Å². The number of carbonyl (C=O) groups is 3. The van der Waals surface area contributed by atoms with E-state index in [-0.39, 0.29) is 18.5 Å². The van der Waals surface area contributed by atoms with Gasteiger partial charge in [0, 0.05) is 0 Å². The molecule has 4 rings (SSSR count). The van der Waals surface area contributed by atoms with Gasteiger partial charge in [0.15, 0.2) is 0 Å². The summed E-state index contributed by atoms with van der Waals surface area (Å²) in [5, 5.41) is 0. The molecule has 0 bridgehead atoms. The minimum atomic E-state index is -1.07. The number of anilines is 1. The number of furan rings is 1. The molecule has 1 fully saturated rings. The number of halogens is 1. The number of rotatable bonds is 6. The Hall–Kier alpha value is -3.74. The average molecular weight is 434 g/mol. The standard InChI is InChI=1S/C25H23FN2O4/c1-16(2)17-9-11-18(12-10-17)28-23(29)14-22(25(28)31)27(15-19-6-5-13-32-19)24(30)20-7-3-4-8-21(20)26/h3-13,16,22H,14-15H2,1-2H3. The Labute approximate surface area is 185 Å². The van der Waals surface area contributed by atoms with Gasteiger partial charge in [0.25, 0.3) is 11.8 Å². The number of carbonyl (C=O) groups excluding carboxylic acids is 3. The van der Waals surface area contributed by atoms with Gasteiger partial charge in [0.05, 0.1) is 30.5 Å². The average Bonchev–Trinajstić information content (AvgIpc) is 3.39. The van der Waals surface area contributed by atoms with Crippen molar-refractivity contribution in [2.75, 3.05) is 4.90 Å². The van der Waals surface area contributed by atoms with Crippen LogP contribution in [0.25, 0.3) is 0 Å². The van der Waals surface area contributed by atoms with Crippen molar-refractivity contribution in [1.82, 2.24) is 4.90 Å². The molecule has 1 atom stereocenters. The summed E-state index contributed by atoms with van der Waals surface area (Å²) in [6, 6.07) is 15.0. The lowest BCUT2D eigenvalue weighted by atomic mass is 10.0. The fraction of sp³-hybridized carbons (Fsp3) is 0.240. The molecule has 0 spiro atoms. The molecule has 1 saturated heterocycles. The predicted molar refractivity (Wildman–Crippen MR) is 116 cm³/mol.